The van der Waals surface area contributed by atoms with Crippen LogP contribution in [0, 0.1) is 6.92 Å². The molecule has 0 bridgehead atoms. The first-order valence-electron chi connectivity index (χ1n) is 9.49. The Kier molecular flexibility index (Phi) is 6.12. The zero-order valence-corrected chi connectivity index (χ0v) is 16.0. The molecule has 1 aliphatic heterocycles. The molecular weight excluding hydrogens is 340 g/mol. The lowest BCUT2D eigenvalue weighted by molar-refractivity contribution is -0.119. The van der Waals surface area contributed by atoms with Crippen LogP contribution >= 0.6 is 0 Å². The third-order valence-corrected chi connectivity index (χ3v) is 4.71. The van der Waals surface area contributed by atoms with Crippen molar-refractivity contribution >= 4 is 23.2 Å². The summed E-state index contributed by atoms with van der Waals surface area (Å²) in [5, 5.41) is 2.94. The van der Waals surface area contributed by atoms with Crippen LogP contribution < -0.4 is 15.0 Å². The van der Waals surface area contributed by atoms with E-state index in [2.05, 4.69) is 5.32 Å². The third kappa shape index (κ3) is 4.88. The summed E-state index contributed by atoms with van der Waals surface area (Å²) in [5.74, 6) is 0.872. The molecule has 0 radical (unpaired) electrons. The van der Waals surface area contributed by atoms with Gasteiger partial charge in [-0.25, -0.2) is 0 Å². The Bertz CT molecular complexity index is 815. The van der Waals surface area contributed by atoms with Gasteiger partial charge in [-0.05, 0) is 62.1 Å². The van der Waals surface area contributed by atoms with Gasteiger partial charge in [0.15, 0.2) is 0 Å². The van der Waals surface area contributed by atoms with Gasteiger partial charge in [0.2, 0.25) is 11.8 Å². The molecule has 5 nitrogen and oxygen atoms in total. The average molecular weight is 366 g/mol. The first-order valence-corrected chi connectivity index (χ1v) is 9.49. The standard InChI is InChI=1S/C22H26N2O3/c1-3-27-19-11-8-17(9-12-19)14-21(25)23-18-10-7-16(2)20(15-18)24-13-5-4-6-22(24)26/h7-12,15H,3-6,13-14H2,1-2H3,(H,23,25). The summed E-state index contributed by atoms with van der Waals surface area (Å²) < 4.78 is 5.42. The van der Waals surface area contributed by atoms with E-state index in [1.165, 1.54) is 0 Å². The molecule has 0 spiro atoms. The number of piperidine rings is 1. The number of carbonyl (C=O) groups is 2. The minimum atomic E-state index is -0.0843. The molecule has 0 saturated carbocycles. The van der Waals surface area contributed by atoms with E-state index < -0.39 is 0 Å². The zero-order valence-electron chi connectivity index (χ0n) is 16.0. The first kappa shape index (κ1) is 19.0. The van der Waals surface area contributed by atoms with Crippen LogP contribution in [0.25, 0.3) is 0 Å². The van der Waals surface area contributed by atoms with Crippen molar-refractivity contribution in [2.45, 2.75) is 39.5 Å². The molecule has 0 atom stereocenters. The zero-order chi connectivity index (χ0) is 19.2. The van der Waals surface area contributed by atoms with Crippen LogP contribution in [0.1, 0.15) is 37.3 Å². The van der Waals surface area contributed by atoms with Crippen LogP contribution in [-0.2, 0) is 16.0 Å². The molecule has 2 aromatic rings. The molecule has 27 heavy (non-hydrogen) atoms. The molecule has 0 aromatic heterocycles. The van der Waals surface area contributed by atoms with Crippen molar-refractivity contribution in [2.75, 3.05) is 23.4 Å². The SMILES string of the molecule is CCOc1ccc(CC(=O)Nc2ccc(C)c(N3CCCCC3=O)c2)cc1. The number of aryl methyl sites for hydroxylation is 1. The molecule has 3 rings (SSSR count). The van der Waals surface area contributed by atoms with Crippen LogP contribution in [0.4, 0.5) is 11.4 Å². The van der Waals surface area contributed by atoms with Crippen LogP contribution in [0.2, 0.25) is 0 Å². The molecule has 1 fully saturated rings. The molecule has 1 aliphatic rings. The van der Waals surface area contributed by atoms with Gasteiger partial charge in [-0.3, -0.25) is 9.59 Å². The predicted octanol–water partition coefficient (Wildman–Crippen LogP) is 4.09. The normalized spacial score (nSPS) is 14.1. The summed E-state index contributed by atoms with van der Waals surface area (Å²) in [5.41, 5.74) is 3.56. The minimum absolute atomic E-state index is 0.0843. The maximum atomic E-state index is 12.4. The van der Waals surface area contributed by atoms with Crippen LogP contribution in [0.3, 0.4) is 0 Å². The number of hydrogen-bond acceptors (Lipinski definition) is 3. The van der Waals surface area contributed by atoms with E-state index in [0.717, 1.165) is 42.0 Å². The van der Waals surface area contributed by atoms with Gasteiger partial charge >= 0.3 is 0 Å². The molecular formula is C22H26N2O3. The highest BCUT2D eigenvalue weighted by molar-refractivity contribution is 5.97. The van der Waals surface area contributed by atoms with Gasteiger partial charge in [0.25, 0.3) is 0 Å². The molecule has 1 saturated heterocycles. The van der Waals surface area contributed by atoms with E-state index >= 15 is 0 Å². The second-order valence-electron chi connectivity index (χ2n) is 6.81. The second-order valence-corrected chi connectivity index (χ2v) is 6.81. The summed E-state index contributed by atoms with van der Waals surface area (Å²) in [6.45, 7) is 5.29. The van der Waals surface area contributed by atoms with Gasteiger partial charge < -0.3 is 15.0 Å². The van der Waals surface area contributed by atoms with Crippen LogP contribution in [0.15, 0.2) is 42.5 Å². The molecule has 0 aliphatic carbocycles. The maximum absolute atomic E-state index is 12.4. The summed E-state index contributed by atoms with van der Waals surface area (Å²) >= 11 is 0. The van der Waals surface area contributed by atoms with E-state index in [1.807, 2.05) is 61.2 Å². The molecule has 1 N–H and O–H groups in total. The van der Waals surface area contributed by atoms with Crippen molar-refractivity contribution in [2.24, 2.45) is 0 Å². The number of hydrogen-bond donors (Lipinski definition) is 1. The Morgan fingerprint density at radius 2 is 1.93 bits per heavy atom. The smallest absolute Gasteiger partial charge is 0.228 e. The largest absolute Gasteiger partial charge is 0.494 e. The summed E-state index contributed by atoms with van der Waals surface area (Å²) in [6.07, 6.45) is 2.85. The van der Waals surface area contributed by atoms with Crippen molar-refractivity contribution < 1.29 is 14.3 Å². The Hall–Kier alpha value is -2.82. The molecule has 2 aromatic carbocycles. The Labute approximate surface area is 160 Å². The van der Waals surface area contributed by atoms with E-state index in [4.69, 9.17) is 4.74 Å². The molecule has 0 unspecified atom stereocenters. The first-order chi connectivity index (χ1) is 13.1. The van der Waals surface area contributed by atoms with Crippen molar-refractivity contribution in [3.05, 3.63) is 53.6 Å². The lowest BCUT2D eigenvalue weighted by Crippen LogP contribution is -2.35. The van der Waals surface area contributed by atoms with Gasteiger partial charge in [0, 0.05) is 24.3 Å². The number of nitrogens with zero attached hydrogens (tertiary/aromatic N) is 1. The van der Waals surface area contributed by atoms with Crippen LogP contribution in [-0.4, -0.2) is 25.0 Å². The third-order valence-electron chi connectivity index (χ3n) is 4.71. The number of benzene rings is 2. The minimum Gasteiger partial charge on any atom is -0.494 e. The monoisotopic (exact) mass is 366 g/mol. The van der Waals surface area contributed by atoms with Gasteiger partial charge in [0.05, 0.1) is 13.0 Å². The molecule has 2 amide bonds. The number of anilines is 2. The quantitative estimate of drug-likeness (QED) is 0.838. The molecule has 1 heterocycles. The highest BCUT2D eigenvalue weighted by Gasteiger charge is 2.21. The van der Waals surface area contributed by atoms with Gasteiger partial charge in [-0.15, -0.1) is 0 Å². The van der Waals surface area contributed by atoms with Crippen molar-refractivity contribution in [3.8, 4) is 5.75 Å². The highest BCUT2D eigenvalue weighted by atomic mass is 16.5. The Morgan fingerprint density at radius 1 is 1.15 bits per heavy atom. The maximum Gasteiger partial charge on any atom is 0.228 e. The van der Waals surface area contributed by atoms with Gasteiger partial charge in [0.1, 0.15) is 5.75 Å². The fraction of sp³-hybridized carbons (Fsp3) is 0.364. The second kappa shape index (κ2) is 8.71. The van der Waals surface area contributed by atoms with E-state index in [-0.39, 0.29) is 18.2 Å². The Balaban J connectivity index is 1.67. The van der Waals surface area contributed by atoms with Crippen molar-refractivity contribution in [3.63, 3.8) is 0 Å². The highest BCUT2D eigenvalue weighted by Crippen LogP contribution is 2.28. The number of nitrogens with one attached hydrogen (secondary N) is 1. The van der Waals surface area contributed by atoms with Gasteiger partial charge in [-0.2, -0.15) is 0 Å². The lowest BCUT2D eigenvalue weighted by Gasteiger charge is -2.28. The topological polar surface area (TPSA) is 58.6 Å². The number of ether oxygens (including phenoxy) is 1. The van der Waals surface area contributed by atoms with Crippen LogP contribution in [0.5, 0.6) is 5.75 Å². The fourth-order valence-electron chi connectivity index (χ4n) is 3.30. The number of rotatable bonds is 6. The van der Waals surface area contributed by atoms with E-state index in [1.54, 1.807) is 0 Å². The number of carbonyl (C=O) groups excluding carboxylic acids is 2. The van der Waals surface area contributed by atoms with Crippen molar-refractivity contribution in [1.82, 2.24) is 0 Å². The summed E-state index contributed by atoms with van der Waals surface area (Å²) in [7, 11) is 0. The fourth-order valence-corrected chi connectivity index (χ4v) is 3.30. The summed E-state index contributed by atoms with van der Waals surface area (Å²) in [4.78, 5) is 26.5. The molecule has 5 heteroatoms. The summed E-state index contributed by atoms with van der Waals surface area (Å²) in [6, 6.07) is 13.3. The van der Waals surface area contributed by atoms with E-state index in [9.17, 15) is 9.59 Å². The molecule has 142 valence electrons. The predicted molar refractivity (Wildman–Crippen MR) is 107 cm³/mol. The van der Waals surface area contributed by atoms with E-state index in [0.29, 0.717) is 18.7 Å². The number of amides is 2. The van der Waals surface area contributed by atoms with Gasteiger partial charge in [-0.1, -0.05) is 18.2 Å². The average Bonchev–Trinajstić information content (AvgIpc) is 2.66. The lowest BCUT2D eigenvalue weighted by atomic mass is 10.1. The van der Waals surface area contributed by atoms with Crippen molar-refractivity contribution in [1.29, 1.82) is 0 Å². The Morgan fingerprint density at radius 3 is 2.63 bits per heavy atom.